The number of carbonyl (C=O) groups is 1. The maximum Gasteiger partial charge on any atom is 1.00 e. The fourth-order valence-corrected chi connectivity index (χ4v) is 1.54. The number of hydrogen-bond acceptors (Lipinski definition) is 6. The molecular weight excluding hydrogens is 295 g/mol. The summed E-state index contributed by atoms with van der Waals surface area (Å²) in [4.78, 5) is 31.1. The van der Waals surface area contributed by atoms with Crippen LogP contribution in [0.2, 0.25) is 0 Å². The molecule has 0 aliphatic carbocycles. The van der Waals surface area contributed by atoms with Crippen molar-refractivity contribution in [1.29, 1.82) is 0 Å². The molecule has 0 amide bonds. The summed E-state index contributed by atoms with van der Waals surface area (Å²) in [5.74, 6) is -1.25. The van der Waals surface area contributed by atoms with Crippen molar-refractivity contribution in [2.45, 2.75) is 12.5 Å². The van der Waals surface area contributed by atoms with Gasteiger partial charge >= 0.3 is 65.1 Å². The zero-order valence-corrected chi connectivity index (χ0v) is 15.5. The Balaban J connectivity index is 0. The summed E-state index contributed by atoms with van der Waals surface area (Å²) in [7, 11) is -5.06. The Kier molecular flexibility index (Phi) is 11.0. The number of carboxylic acids is 1. The quantitative estimate of drug-likeness (QED) is 0.407. The second-order valence-electron chi connectivity index (χ2n) is 3.33. The maximum absolute atomic E-state index is 10.5. The average molecular weight is 305 g/mol. The largest absolute Gasteiger partial charge is 1.00 e. The van der Waals surface area contributed by atoms with E-state index in [0.29, 0.717) is 5.56 Å². The molecule has 1 atom stereocenters. The van der Waals surface area contributed by atoms with E-state index in [0.717, 1.165) is 0 Å². The summed E-state index contributed by atoms with van der Waals surface area (Å²) < 4.78 is 14.4. The van der Waals surface area contributed by atoms with Gasteiger partial charge in [0.25, 0.3) is 0 Å². The summed E-state index contributed by atoms with van der Waals surface area (Å²) in [5.41, 5.74) is 5.91. The molecule has 1 aromatic carbocycles. The maximum atomic E-state index is 10.5. The molecule has 0 aromatic heterocycles. The Morgan fingerprint density at radius 1 is 1.32 bits per heavy atom. The number of aliphatic carboxylic acids is 1. The van der Waals surface area contributed by atoms with E-state index in [1.54, 1.807) is 0 Å². The molecule has 19 heavy (non-hydrogen) atoms. The number of phosphoric acid groups is 1. The SMILES string of the molecule is NC(Cc1ccc(OP(=O)([O-])[O-])cc1)C(=O)O.[Na+].[Na+]. The molecule has 94 valence electrons. The van der Waals surface area contributed by atoms with Crippen molar-refractivity contribution in [1.82, 2.24) is 0 Å². The number of hydrogen-bond donors (Lipinski definition) is 2. The van der Waals surface area contributed by atoms with Gasteiger partial charge in [0, 0.05) is 0 Å². The van der Waals surface area contributed by atoms with Crippen molar-refractivity contribution in [3.8, 4) is 5.75 Å². The molecule has 0 heterocycles. The van der Waals surface area contributed by atoms with Gasteiger partial charge in [-0.2, -0.15) is 0 Å². The summed E-state index contributed by atoms with van der Waals surface area (Å²) >= 11 is 0. The van der Waals surface area contributed by atoms with Crippen molar-refractivity contribution in [3.63, 3.8) is 0 Å². The number of rotatable bonds is 5. The molecule has 0 aliphatic heterocycles. The van der Waals surface area contributed by atoms with Gasteiger partial charge in [-0.1, -0.05) is 12.1 Å². The van der Waals surface area contributed by atoms with Crippen LogP contribution in [-0.2, 0) is 15.8 Å². The topological polar surface area (TPSA) is 136 Å². The van der Waals surface area contributed by atoms with Gasteiger partial charge in [0.1, 0.15) is 19.6 Å². The van der Waals surface area contributed by atoms with Crippen LogP contribution in [0.4, 0.5) is 0 Å². The smallest absolute Gasteiger partial charge is 0.780 e. The second kappa shape index (κ2) is 9.52. The summed E-state index contributed by atoms with van der Waals surface area (Å²) in [5, 5.41) is 8.58. The summed E-state index contributed by atoms with van der Waals surface area (Å²) in [6, 6.07) is 4.35. The first-order chi connectivity index (χ1) is 7.78. The first-order valence-electron chi connectivity index (χ1n) is 4.57. The molecule has 0 saturated heterocycles. The van der Waals surface area contributed by atoms with Crippen LogP contribution in [0.3, 0.4) is 0 Å². The van der Waals surface area contributed by atoms with Crippen molar-refractivity contribution in [2.24, 2.45) is 5.73 Å². The van der Waals surface area contributed by atoms with Crippen molar-refractivity contribution in [2.75, 3.05) is 0 Å². The zero-order valence-electron chi connectivity index (χ0n) is 10.6. The molecule has 1 unspecified atom stereocenters. The summed E-state index contributed by atoms with van der Waals surface area (Å²) in [6.07, 6.45) is 0.0992. The van der Waals surface area contributed by atoms with Gasteiger partial charge in [-0.05, 0) is 24.1 Å². The van der Waals surface area contributed by atoms with Crippen molar-refractivity contribution >= 4 is 13.8 Å². The first-order valence-corrected chi connectivity index (χ1v) is 6.03. The number of benzene rings is 1. The Bertz CT molecular complexity index is 449. The number of phosphoric ester groups is 1. The Labute approximate surface area is 154 Å². The molecule has 0 bridgehead atoms. The van der Waals surface area contributed by atoms with E-state index >= 15 is 0 Å². The van der Waals surface area contributed by atoms with Crippen molar-refractivity contribution < 1.29 is 87.9 Å². The third-order valence-corrected chi connectivity index (χ3v) is 2.35. The molecule has 1 aromatic rings. The Hall–Kier alpha value is 0.600. The van der Waals surface area contributed by atoms with Gasteiger partial charge in [0.15, 0.2) is 0 Å². The van der Waals surface area contributed by atoms with Gasteiger partial charge in [0.05, 0.1) is 0 Å². The summed E-state index contributed by atoms with van der Waals surface area (Å²) in [6.45, 7) is 0. The molecule has 0 aliphatic rings. The molecule has 0 fully saturated rings. The third kappa shape index (κ3) is 9.20. The van der Waals surface area contributed by atoms with Gasteiger partial charge < -0.3 is 29.7 Å². The second-order valence-corrected chi connectivity index (χ2v) is 4.41. The molecular formula is C9H10NNa2O6P. The van der Waals surface area contributed by atoms with Crippen LogP contribution in [0.1, 0.15) is 5.56 Å². The molecule has 0 saturated carbocycles. The fraction of sp³-hybridized carbons (Fsp3) is 0.222. The van der Waals surface area contributed by atoms with E-state index in [4.69, 9.17) is 10.8 Å². The van der Waals surface area contributed by atoms with Gasteiger partial charge in [-0.3, -0.25) is 4.79 Å². The zero-order chi connectivity index (χ0) is 13.1. The van der Waals surface area contributed by atoms with E-state index in [1.165, 1.54) is 24.3 Å². The van der Waals surface area contributed by atoms with Gasteiger partial charge in [0.2, 0.25) is 0 Å². The van der Waals surface area contributed by atoms with Crippen LogP contribution in [0.5, 0.6) is 5.75 Å². The van der Waals surface area contributed by atoms with Crippen LogP contribution >= 0.6 is 7.82 Å². The monoisotopic (exact) mass is 305 g/mol. The minimum Gasteiger partial charge on any atom is -0.780 e. The molecule has 0 radical (unpaired) electrons. The fourth-order valence-electron chi connectivity index (χ4n) is 1.16. The predicted octanol–water partition coefficient (Wildman–Crippen LogP) is -7.14. The molecule has 10 heteroatoms. The van der Waals surface area contributed by atoms with E-state index in [2.05, 4.69) is 4.52 Å². The van der Waals surface area contributed by atoms with E-state index in [-0.39, 0.29) is 71.3 Å². The van der Waals surface area contributed by atoms with E-state index in [9.17, 15) is 19.1 Å². The minimum absolute atomic E-state index is 0. The molecule has 0 spiro atoms. The standard InChI is InChI=1S/C9H12NO6P.2Na/c10-8(9(11)12)5-6-1-3-7(4-2-6)16-17(13,14)15;;/h1-4,8H,5,10H2,(H,11,12)(H2,13,14,15);;/q;2*+1/p-2. The Morgan fingerprint density at radius 3 is 2.16 bits per heavy atom. The van der Waals surface area contributed by atoms with Crippen LogP contribution in [-0.4, -0.2) is 17.1 Å². The van der Waals surface area contributed by atoms with Crippen LogP contribution in [0.15, 0.2) is 24.3 Å². The predicted molar refractivity (Wildman–Crippen MR) is 54.0 cm³/mol. The van der Waals surface area contributed by atoms with Crippen molar-refractivity contribution in [3.05, 3.63) is 29.8 Å². The number of carboxylic acid groups (broad SMARTS) is 1. The minimum atomic E-state index is -5.06. The van der Waals surface area contributed by atoms with Crippen LogP contribution < -0.4 is 79.2 Å². The van der Waals surface area contributed by atoms with Gasteiger partial charge in [-0.15, -0.1) is 0 Å². The average Bonchev–Trinajstić information content (AvgIpc) is 2.18. The number of nitrogens with two attached hydrogens (primary N) is 1. The van der Waals surface area contributed by atoms with E-state index in [1.807, 2.05) is 0 Å². The molecule has 1 rings (SSSR count). The first kappa shape index (κ1) is 21.9. The molecule has 3 N–H and O–H groups in total. The normalized spacial score (nSPS) is 11.7. The molecule has 7 nitrogen and oxygen atoms in total. The third-order valence-electron chi connectivity index (χ3n) is 1.91. The van der Waals surface area contributed by atoms with Crippen LogP contribution in [0, 0.1) is 0 Å². The van der Waals surface area contributed by atoms with Crippen LogP contribution in [0.25, 0.3) is 0 Å². The van der Waals surface area contributed by atoms with Gasteiger partial charge in [-0.25, -0.2) is 0 Å². The Morgan fingerprint density at radius 2 is 1.79 bits per heavy atom. The van der Waals surface area contributed by atoms with E-state index < -0.39 is 19.8 Å².